The number of rotatable bonds is 20. The van der Waals surface area contributed by atoms with Crippen molar-refractivity contribution in [2.75, 3.05) is 81.7 Å². The summed E-state index contributed by atoms with van der Waals surface area (Å²) < 4.78 is 5.95. The summed E-state index contributed by atoms with van der Waals surface area (Å²) in [5, 5.41) is 0. The maximum absolute atomic E-state index is 5.95. The fourth-order valence-corrected chi connectivity index (χ4v) is 3.73. The van der Waals surface area contributed by atoms with Gasteiger partial charge in [0.15, 0.2) is 0 Å². The molecule has 0 amide bonds. The Labute approximate surface area is 183 Å². The van der Waals surface area contributed by atoms with Gasteiger partial charge >= 0.3 is 0 Å². The lowest BCUT2D eigenvalue weighted by Gasteiger charge is -2.30. The Morgan fingerprint density at radius 1 is 0.586 bits per heavy atom. The summed E-state index contributed by atoms with van der Waals surface area (Å²) >= 11 is 0. The second-order valence-electron chi connectivity index (χ2n) is 9.36. The molecule has 0 aliphatic heterocycles. The average molecular weight is 415 g/mol. The van der Waals surface area contributed by atoms with Gasteiger partial charge in [0.1, 0.15) is 0 Å². The van der Waals surface area contributed by atoms with Crippen LogP contribution in [0.25, 0.3) is 0 Å². The molecule has 2 atom stereocenters. The zero-order valence-corrected chi connectivity index (χ0v) is 21.3. The van der Waals surface area contributed by atoms with Crippen molar-refractivity contribution in [2.24, 2.45) is 0 Å². The Hall–Kier alpha value is -0.200. The summed E-state index contributed by atoms with van der Waals surface area (Å²) in [4.78, 5) is 9.61. The highest BCUT2D eigenvalue weighted by Gasteiger charge is 2.15. The smallest absolute Gasteiger partial charge is 0.0593 e. The molecule has 0 aromatic rings. The molecule has 0 aliphatic rings. The molecule has 0 rings (SSSR count). The standard InChI is InChI=1S/C24H54N4O/c1-9-11-13-15-23(25(3)4)21-27(7)17-19-29-20-18-28(8)22-24(26(5)6)16-14-12-10-2/h23-24H,9-22H2,1-8H3. The number of likely N-dealkylation sites (N-methyl/N-ethyl adjacent to an activating group) is 4. The Morgan fingerprint density at radius 2 is 0.966 bits per heavy atom. The molecule has 0 radical (unpaired) electrons. The monoisotopic (exact) mass is 414 g/mol. The minimum atomic E-state index is 0.647. The summed E-state index contributed by atoms with van der Waals surface area (Å²) in [7, 11) is 13.3. The van der Waals surface area contributed by atoms with Crippen LogP contribution in [0.15, 0.2) is 0 Å². The van der Waals surface area contributed by atoms with Gasteiger partial charge in [-0.05, 0) is 55.1 Å². The van der Waals surface area contributed by atoms with Crippen LogP contribution in [0.3, 0.4) is 0 Å². The van der Waals surface area contributed by atoms with Crippen LogP contribution in [0.2, 0.25) is 0 Å². The predicted octanol–water partition coefficient (Wildman–Crippen LogP) is 3.89. The summed E-state index contributed by atoms with van der Waals surface area (Å²) in [6, 6.07) is 1.29. The van der Waals surface area contributed by atoms with Gasteiger partial charge in [-0.3, -0.25) is 0 Å². The van der Waals surface area contributed by atoms with Gasteiger partial charge in [0.25, 0.3) is 0 Å². The zero-order valence-electron chi connectivity index (χ0n) is 21.3. The van der Waals surface area contributed by atoms with E-state index in [9.17, 15) is 0 Å². The summed E-state index contributed by atoms with van der Waals surface area (Å²) in [6.07, 6.45) is 10.5. The maximum atomic E-state index is 5.95. The van der Waals surface area contributed by atoms with Crippen LogP contribution in [-0.2, 0) is 4.74 Å². The molecule has 0 aromatic heterocycles. The Kier molecular flexibility index (Phi) is 18.4. The van der Waals surface area contributed by atoms with Crippen LogP contribution in [0, 0.1) is 0 Å². The first kappa shape index (κ1) is 28.8. The highest BCUT2D eigenvalue weighted by molar-refractivity contribution is 4.71. The van der Waals surface area contributed by atoms with Crippen molar-refractivity contribution in [1.82, 2.24) is 19.6 Å². The third-order valence-electron chi connectivity index (χ3n) is 6.02. The minimum Gasteiger partial charge on any atom is -0.379 e. The van der Waals surface area contributed by atoms with Crippen molar-refractivity contribution < 1.29 is 4.74 Å². The first-order valence-corrected chi connectivity index (χ1v) is 12.1. The molecule has 0 spiro atoms. The maximum Gasteiger partial charge on any atom is 0.0593 e. The van der Waals surface area contributed by atoms with Crippen molar-refractivity contribution in [1.29, 1.82) is 0 Å². The number of hydrogen-bond donors (Lipinski definition) is 0. The SMILES string of the molecule is CCCCCC(CN(C)CCOCCN(C)CC(CCCCC)N(C)C)N(C)C. The largest absolute Gasteiger partial charge is 0.379 e. The molecule has 0 bridgehead atoms. The van der Waals surface area contributed by atoms with Crippen LogP contribution in [0.5, 0.6) is 0 Å². The van der Waals surface area contributed by atoms with E-state index >= 15 is 0 Å². The van der Waals surface area contributed by atoms with E-state index in [1.807, 2.05) is 0 Å². The van der Waals surface area contributed by atoms with Gasteiger partial charge in [-0.1, -0.05) is 52.4 Å². The lowest BCUT2D eigenvalue weighted by molar-refractivity contribution is 0.0808. The molecule has 0 N–H and O–H groups in total. The molecular formula is C24H54N4O. The highest BCUT2D eigenvalue weighted by Crippen LogP contribution is 2.10. The topological polar surface area (TPSA) is 22.2 Å². The van der Waals surface area contributed by atoms with Crippen LogP contribution in [0.1, 0.15) is 65.2 Å². The van der Waals surface area contributed by atoms with Gasteiger partial charge < -0.3 is 24.3 Å². The Bertz CT molecular complexity index is 320. The fourth-order valence-electron chi connectivity index (χ4n) is 3.73. The van der Waals surface area contributed by atoms with E-state index in [2.05, 4.69) is 75.7 Å². The average Bonchev–Trinajstić information content (AvgIpc) is 2.66. The molecule has 0 aromatic carbocycles. The first-order valence-electron chi connectivity index (χ1n) is 12.1. The molecule has 0 aliphatic carbocycles. The molecule has 0 heterocycles. The van der Waals surface area contributed by atoms with E-state index in [4.69, 9.17) is 4.74 Å². The fraction of sp³-hybridized carbons (Fsp3) is 1.00. The zero-order chi connectivity index (χ0) is 22.1. The summed E-state index contributed by atoms with van der Waals surface area (Å²) in [5.41, 5.74) is 0. The quantitative estimate of drug-likeness (QED) is 0.281. The van der Waals surface area contributed by atoms with Gasteiger partial charge in [0, 0.05) is 38.3 Å². The van der Waals surface area contributed by atoms with E-state index in [1.165, 1.54) is 51.4 Å². The molecule has 0 saturated carbocycles. The summed E-state index contributed by atoms with van der Waals surface area (Å²) in [5.74, 6) is 0. The number of ether oxygens (including phenoxy) is 1. The lowest BCUT2D eigenvalue weighted by Crippen LogP contribution is -2.41. The van der Waals surface area contributed by atoms with E-state index < -0.39 is 0 Å². The van der Waals surface area contributed by atoms with E-state index in [1.54, 1.807) is 0 Å². The van der Waals surface area contributed by atoms with Gasteiger partial charge in [0.2, 0.25) is 0 Å². The third-order valence-corrected chi connectivity index (χ3v) is 6.02. The van der Waals surface area contributed by atoms with Crippen molar-refractivity contribution >= 4 is 0 Å². The molecular weight excluding hydrogens is 360 g/mol. The second-order valence-corrected chi connectivity index (χ2v) is 9.36. The van der Waals surface area contributed by atoms with E-state index in [0.717, 1.165) is 39.4 Å². The predicted molar refractivity (Wildman–Crippen MR) is 129 cm³/mol. The lowest BCUT2D eigenvalue weighted by atomic mass is 10.1. The molecule has 176 valence electrons. The normalized spacial score (nSPS) is 14.5. The molecule has 5 heteroatoms. The van der Waals surface area contributed by atoms with Crippen LogP contribution in [-0.4, -0.2) is 113 Å². The highest BCUT2D eigenvalue weighted by atomic mass is 16.5. The van der Waals surface area contributed by atoms with Crippen LogP contribution in [0.4, 0.5) is 0 Å². The number of hydrogen-bond acceptors (Lipinski definition) is 5. The van der Waals surface area contributed by atoms with Crippen LogP contribution >= 0.6 is 0 Å². The van der Waals surface area contributed by atoms with Gasteiger partial charge in [0.05, 0.1) is 13.2 Å². The van der Waals surface area contributed by atoms with Gasteiger partial charge in [-0.15, -0.1) is 0 Å². The minimum absolute atomic E-state index is 0.647. The van der Waals surface area contributed by atoms with Crippen molar-refractivity contribution in [3.63, 3.8) is 0 Å². The van der Waals surface area contributed by atoms with Crippen molar-refractivity contribution in [3.8, 4) is 0 Å². The second kappa shape index (κ2) is 18.6. The van der Waals surface area contributed by atoms with Crippen molar-refractivity contribution in [3.05, 3.63) is 0 Å². The van der Waals surface area contributed by atoms with E-state index in [0.29, 0.717) is 12.1 Å². The summed E-state index contributed by atoms with van der Waals surface area (Å²) in [6.45, 7) is 10.5. The van der Waals surface area contributed by atoms with Gasteiger partial charge in [-0.2, -0.15) is 0 Å². The van der Waals surface area contributed by atoms with Crippen molar-refractivity contribution in [2.45, 2.75) is 77.3 Å². The Morgan fingerprint density at radius 3 is 1.28 bits per heavy atom. The molecule has 0 fully saturated rings. The Balaban J connectivity index is 3.96. The van der Waals surface area contributed by atoms with E-state index in [-0.39, 0.29) is 0 Å². The molecule has 5 nitrogen and oxygen atoms in total. The molecule has 0 saturated heterocycles. The molecule has 29 heavy (non-hydrogen) atoms. The molecule has 2 unspecified atom stereocenters. The first-order chi connectivity index (χ1) is 13.8. The van der Waals surface area contributed by atoms with Gasteiger partial charge in [-0.25, -0.2) is 0 Å². The number of unbranched alkanes of at least 4 members (excludes halogenated alkanes) is 4. The third kappa shape index (κ3) is 16.2. The number of nitrogens with zero attached hydrogens (tertiary/aromatic N) is 4. The van der Waals surface area contributed by atoms with Crippen LogP contribution < -0.4 is 0 Å².